The highest BCUT2D eigenvalue weighted by Gasteiger charge is 2.26. The number of hydrogen-bond donors (Lipinski definition) is 0. The zero-order valence-electron chi connectivity index (χ0n) is 7.65. The predicted octanol–water partition coefficient (Wildman–Crippen LogP) is 1.18. The van der Waals surface area contributed by atoms with Crippen LogP contribution in [0.3, 0.4) is 0 Å². The van der Waals surface area contributed by atoms with Gasteiger partial charge >= 0.3 is 0 Å². The minimum atomic E-state index is -2.51. The van der Waals surface area contributed by atoms with Crippen LogP contribution >= 0.6 is 7.52 Å². The van der Waals surface area contributed by atoms with Crippen molar-refractivity contribution >= 4 is 7.52 Å². The van der Waals surface area contributed by atoms with Crippen LogP contribution in [-0.4, -0.2) is 44.2 Å². The molecule has 1 saturated heterocycles. The standard InChI is InChI=1S/C7H16NO3P/c1-3-11-12(2,9)8-4-6-10-7-5-8/h3-7H2,1-2H3. The third-order valence-corrected chi connectivity index (χ3v) is 4.03. The molecule has 1 aliphatic rings. The first kappa shape index (κ1) is 10.2. The first-order chi connectivity index (χ1) is 5.67. The van der Waals surface area contributed by atoms with Gasteiger partial charge in [0.2, 0.25) is 0 Å². The molecule has 4 nitrogen and oxygen atoms in total. The Hall–Kier alpha value is 0.110. The molecule has 0 aliphatic carbocycles. The van der Waals surface area contributed by atoms with E-state index in [1.807, 2.05) is 11.6 Å². The molecular weight excluding hydrogens is 177 g/mol. The van der Waals surface area contributed by atoms with E-state index in [1.165, 1.54) is 0 Å². The summed E-state index contributed by atoms with van der Waals surface area (Å²) in [7, 11) is -2.51. The molecule has 0 aromatic heterocycles. The summed E-state index contributed by atoms with van der Waals surface area (Å²) in [6.07, 6.45) is 0. The van der Waals surface area contributed by atoms with E-state index in [1.54, 1.807) is 6.66 Å². The lowest BCUT2D eigenvalue weighted by Gasteiger charge is -2.31. The van der Waals surface area contributed by atoms with Crippen LogP contribution in [0.1, 0.15) is 6.92 Å². The van der Waals surface area contributed by atoms with Gasteiger partial charge < -0.3 is 9.26 Å². The van der Waals surface area contributed by atoms with Gasteiger partial charge in [0.15, 0.2) is 0 Å². The molecule has 72 valence electrons. The quantitative estimate of drug-likeness (QED) is 0.631. The highest BCUT2D eigenvalue weighted by atomic mass is 31.2. The Bertz CT molecular complexity index is 179. The van der Waals surface area contributed by atoms with Crippen LogP contribution in [0, 0.1) is 0 Å². The van der Waals surface area contributed by atoms with Crippen molar-refractivity contribution < 1.29 is 13.8 Å². The van der Waals surface area contributed by atoms with Gasteiger partial charge in [-0.2, -0.15) is 0 Å². The fraction of sp³-hybridized carbons (Fsp3) is 1.00. The van der Waals surface area contributed by atoms with E-state index in [2.05, 4.69) is 0 Å². The van der Waals surface area contributed by atoms with Gasteiger partial charge in [-0.1, -0.05) is 0 Å². The van der Waals surface area contributed by atoms with Gasteiger partial charge in [0.05, 0.1) is 19.8 Å². The third kappa shape index (κ3) is 2.56. The molecule has 0 radical (unpaired) electrons. The molecule has 5 heteroatoms. The van der Waals surface area contributed by atoms with Gasteiger partial charge in [0, 0.05) is 19.8 Å². The van der Waals surface area contributed by atoms with Crippen molar-refractivity contribution in [2.24, 2.45) is 0 Å². The zero-order valence-corrected chi connectivity index (χ0v) is 8.55. The monoisotopic (exact) mass is 193 g/mol. The maximum absolute atomic E-state index is 11.8. The summed E-state index contributed by atoms with van der Waals surface area (Å²) < 4.78 is 24.0. The Morgan fingerprint density at radius 3 is 2.58 bits per heavy atom. The first-order valence-electron chi connectivity index (χ1n) is 4.22. The normalized spacial score (nSPS) is 25.2. The van der Waals surface area contributed by atoms with E-state index < -0.39 is 7.52 Å². The van der Waals surface area contributed by atoms with Gasteiger partial charge in [-0.25, -0.2) is 4.67 Å². The molecule has 0 aromatic carbocycles. The molecule has 1 unspecified atom stereocenters. The second kappa shape index (κ2) is 4.38. The minimum absolute atomic E-state index is 0.505. The van der Waals surface area contributed by atoms with Crippen LogP contribution in [0.2, 0.25) is 0 Å². The maximum atomic E-state index is 11.8. The van der Waals surface area contributed by atoms with Crippen molar-refractivity contribution in [2.75, 3.05) is 39.6 Å². The van der Waals surface area contributed by atoms with Crippen molar-refractivity contribution in [1.29, 1.82) is 0 Å². The third-order valence-electron chi connectivity index (χ3n) is 1.87. The summed E-state index contributed by atoms with van der Waals surface area (Å²) in [4.78, 5) is 0. The van der Waals surface area contributed by atoms with Crippen molar-refractivity contribution in [2.45, 2.75) is 6.92 Å². The van der Waals surface area contributed by atoms with Crippen LogP contribution in [0.25, 0.3) is 0 Å². The Kier molecular flexibility index (Phi) is 3.72. The second-order valence-corrected chi connectivity index (χ2v) is 5.22. The van der Waals surface area contributed by atoms with Crippen molar-refractivity contribution in [3.8, 4) is 0 Å². The van der Waals surface area contributed by atoms with E-state index in [-0.39, 0.29) is 0 Å². The van der Waals surface area contributed by atoms with Gasteiger partial charge in [-0.05, 0) is 6.92 Å². The molecule has 0 amide bonds. The summed E-state index contributed by atoms with van der Waals surface area (Å²) in [5, 5.41) is 0. The molecule has 0 N–H and O–H groups in total. The van der Waals surface area contributed by atoms with Crippen molar-refractivity contribution in [3.63, 3.8) is 0 Å². The molecular formula is C7H16NO3P. The average molecular weight is 193 g/mol. The average Bonchev–Trinajstić information content (AvgIpc) is 2.06. The minimum Gasteiger partial charge on any atom is -0.379 e. The maximum Gasteiger partial charge on any atom is 0.269 e. The van der Waals surface area contributed by atoms with E-state index >= 15 is 0 Å². The van der Waals surface area contributed by atoms with Crippen LogP contribution < -0.4 is 0 Å². The number of ether oxygens (including phenoxy) is 1. The summed E-state index contributed by atoms with van der Waals surface area (Å²) in [6, 6.07) is 0. The van der Waals surface area contributed by atoms with Gasteiger partial charge in [-0.3, -0.25) is 4.57 Å². The highest BCUT2D eigenvalue weighted by Crippen LogP contribution is 2.46. The summed E-state index contributed by atoms with van der Waals surface area (Å²) >= 11 is 0. The number of morpholine rings is 1. The van der Waals surface area contributed by atoms with Crippen LogP contribution in [0.5, 0.6) is 0 Å². The number of nitrogens with zero attached hydrogens (tertiary/aromatic N) is 1. The summed E-state index contributed by atoms with van der Waals surface area (Å²) in [5.74, 6) is 0. The van der Waals surface area contributed by atoms with Gasteiger partial charge in [-0.15, -0.1) is 0 Å². The Morgan fingerprint density at radius 1 is 1.50 bits per heavy atom. The molecule has 12 heavy (non-hydrogen) atoms. The Morgan fingerprint density at radius 2 is 2.08 bits per heavy atom. The molecule has 1 rings (SSSR count). The van der Waals surface area contributed by atoms with Crippen molar-refractivity contribution in [1.82, 2.24) is 4.67 Å². The topological polar surface area (TPSA) is 38.8 Å². The molecule has 1 aliphatic heterocycles. The van der Waals surface area contributed by atoms with E-state index in [9.17, 15) is 4.57 Å². The van der Waals surface area contributed by atoms with E-state index in [0.29, 0.717) is 32.9 Å². The Labute approximate surface area is 73.3 Å². The lowest BCUT2D eigenvalue weighted by molar-refractivity contribution is 0.0656. The van der Waals surface area contributed by atoms with Crippen molar-refractivity contribution in [3.05, 3.63) is 0 Å². The fourth-order valence-electron chi connectivity index (χ4n) is 1.24. The van der Waals surface area contributed by atoms with E-state index in [0.717, 1.165) is 0 Å². The lowest BCUT2D eigenvalue weighted by Crippen LogP contribution is -2.34. The molecule has 1 fully saturated rings. The second-order valence-electron chi connectivity index (χ2n) is 2.79. The van der Waals surface area contributed by atoms with Crippen LogP contribution in [0.15, 0.2) is 0 Å². The van der Waals surface area contributed by atoms with Gasteiger partial charge in [0.25, 0.3) is 7.52 Å². The highest BCUT2D eigenvalue weighted by molar-refractivity contribution is 7.55. The zero-order chi connectivity index (χ0) is 9.03. The van der Waals surface area contributed by atoms with E-state index in [4.69, 9.17) is 9.26 Å². The number of hydrogen-bond acceptors (Lipinski definition) is 3. The predicted molar refractivity (Wildman–Crippen MR) is 47.5 cm³/mol. The molecule has 0 aromatic rings. The molecule has 1 atom stereocenters. The lowest BCUT2D eigenvalue weighted by atomic mass is 10.5. The molecule has 0 saturated carbocycles. The molecule has 1 heterocycles. The Balaban J connectivity index is 2.48. The largest absolute Gasteiger partial charge is 0.379 e. The summed E-state index contributed by atoms with van der Waals surface area (Å²) in [6.45, 7) is 6.78. The van der Waals surface area contributed by atoms with Gasteiger partial charge in [0.1, 0.15) is 0 Å². The van der Waals surface area contributed by atoms with Crippen LogP contribution in [0.4, 0.5) is 0 Å². The smallest absolute Gasteiger partial charge is 0.269 e. The number of rotatable bonds is 3. The molecule has 0 spiro atoms. The molecule has 0 bridgehead atoms. The first-order valence-corrected chi connectivity index (χ1v) is 6.24. The fourth-order valence-corrected chi connectivity index (χ4v) is 2.77. The SMILES string of the molecule is CCOP(C)(=O)N1CCOCC1. The summed E-state index contributed by atoms with van der Waals surface area (Å²) in [5.41, 5.74) is 0. The van der Waals surface area contributed by atoms with Crippen LogP contribution in [-0.2, 0) is 13.8 Å².